The summed E-state index contributed by atoms with van der Waals surface area (Å²) in [6.07, 6.45) is 0.300. The van der Waals surface area contributed by atoms with Crippen molar-refractivity contribution in [3.63, 3.8) is 0 Å². The van der Waals surface area contributed by atoms with Crippen LogP contribution < -0.4 is 14.2 Å². The SMILES string of the molecule is COc1cc(OC)c2c(c1)C(=O)C[C@H]2c1ccc(OC(F)F)cc1. The Balaban J connectivity index is 1.99. The summed E-state index contributed by atoms with van der Waals surface area (Å²) in [4.78, 5) is 12.4. The van der Waals surface area contributed by atoms with E-state index in [4.69, 9.17) is 9.47 Å². The molecule has 0 aliphatic heterocycles. The summed E-state index contributed by atoms with van der Waals surface area (Å²) in [6, 6.07) is 9.76. The molecule has 0 radical (unpaired) electrons. The van der Waals surface area contributed by atoms with Crippen LogP contribution in [0.5, 0.6) is 17.2 Å². The summed E-state index contributed by atoms with van der Waals surface area (Å²) in [7, 11) is 3.06. The molecule has 0 spiro atoms. The molecule has 4 nitrogen and oxygen atoms in total. The quantitative estimate of drug-likeness (QED) is 0.828. The van der Waals surface area contributed by atoms with Gasteiger partial charge in [0.25, 0.3) is 0 Å². The zero-order valence-corrected chi connectivity index (χ0v) is 13.2. The molecule has 0 heterocycles. The molecule has 6 heteroatoms. The Labute approximate surface area is 138 Å². The smallest absolute Gasteiger partial charge is 0.387 e. The first-order valence-corrected chi connectivity index (χ1v) is 7.37. The van der Waals surface area contributed by atoms with E-state index in [9.17, 15) is 13.6 Å². The van der Waals surface area contributed by atoms with E-state index >= 15 is 0 Å². The van der Waals surface area contributed by atoms with Crippen molar-refractivity contribution in [2.24, 2.45) is 0 Å². The summed E-state index contributed by atoms with van der Waals surface area (Å²) < 4.78 is 39.5. The Kier molecular flexibility index (Phi) is 4.38. The first kappa shape index (κ1) is 16.2. The van der Waals surface area contributed by atoms with Gasteiger partial charge in [0, 0.05) is 29.5 Å². The Morgan fingerprint density at radius 3 is 2.33 bits per heavy atom. The predicted molar refractivity (Wildman–Crippen MR) is 83.4 cm³/mol. The Bertz CT molecular complexity index is 756. The molecule has 0 saturated heterocycles. The third-order valence-electron chi connectivity index (χ3n) is 4.12. The number of ether oxygens (including phenoxy) is 3. The number of methoxy groups -OCH3 is 2. The predicted octanol–water partition coefficient (Wildman–Crippen LogP) is 4.02. The van der Waals surface area contributed by atoms with E-state index < -0.39 is 6.61 Å². The molecule has 0 N–H and O–H groups in total. The van der Waals surface area contributed by atoms with Gasteiger partial charge in [0.1, 0.15) is 17.2 Å². The van der Waals surface area contributed by atoms with E-state index in [0.29, 0.717) is 23.5 Å². The third-order valence-corrected chi connectivity index (χ3v) is 4.12. The zero-order chi connectivity index (χ0) is 17.3. The molecular formula is C18H16F2O4. The molecule has 0 aromatic heterocycles. The minimum absolute atomic E-state index is 0.0000990. The van der Waals surface area contributed by atoms with E-state index in [1.165, 1.54) is 26.4 Å². The summed E-state index contributed by atoms with van der Waals surface area (Å²) in [6.45, 7) is -2.86. The number of rotatable bonds is 5. The average Bonchev–Trinajstić information content (AvgIpc) is 2.91. The molecule has 1 atom stereocenters. The Morgan fingerprint density at radius 2 is 1.75 bits per heavy atom. The fourth-order valence-corrected chi connectivity index (χ4v) is 3.04. The van der Waals surface area contributed by atoms with E-state index in [1.807, 2.05) is 0 Å². The van der Waals surface area contributed by atoms with Crippen LogP contribution in [0.3, 0.4) is 0 Å². The van der Waals surface area contributed by atoms with Gasteiger partial charge < -0.3 is 14.2 Å². The van der Waals surface area contributed by atoms with Gasteiger partial charge in [0.2, 0.25) is 0 Å². The number of fused-ring (bicyclic) bond motifs is 1. The number of Topliss-reactive ketones (excluding diaryl/α,β-unsaturated/α-hetero) is 1. The second kappa shape index (κ2) is 6.47. The largest absolute Gasteiger partial charge is 0.497 e. The monoisotopic (exact) mass is 334 g/mol. The van der Waals surface area contributed by atoms with E-state index in [-0.39, 0.29) is 17.5 Å². The molecular weight excluding hydrogens is 318 g/mol. The van der Waals surface area contributed by atoms with Crippen LogP contribution in [0, 0.1) is 0 Å². The van der Waals surface area contributed by atoms with Crippen molar-refractivity contribution in [3.8, 4) is 17.2 Å². The first-order chi connectivity index (χ1) is 11.5. The lowest BCUT2D eigenvalue weighted by molar-refractivity contribution is -0.0498. The van der Waals surface area contributed by atoms with Crippen LogP contribution in [-0.4, -0.2) is 26.6 Å². The van der Waals surface area contributed by atoms with Gasteiger partial charge in [-0.05, 0) is 23.8 Å². The molecule has 0 amide bonds. The highest BCUT2D eigenvalue weighted by Gasteiger charge is 2.34. The highest BCUT2D eigenvalue weighted by molar-refractivity contribution is 6.03. The molecule has 24 heavy (non-hydrogen) atoms. The van der Waals surface area contributed by atoms with Gasteiger partial charge in [-0.3, -0.25) is 4.79 Å². The summed E-state index contributed by atoms with van der Waals surface area (Å²) >= 11 is 0. The number of ketones is 1. The van der Waals surface area contributed by atoms with Crippen LogP contribution in [0.4, 0.5) is 8.78 Å². The van der Waals surface area contributed by atoms with E-state index in [1.54, 1.807) is 24.3 Å². The molecule has 2 aromatic rings. The molecule has 0 unspecified atom stereocenters. The van der Waals surface area contributed by atoms with Gasteiger partial charge in [0.05, 0.1) is 14.2 Å². The van der Waals surface area contributed by atoms with Crippen molar-refractivity contribution in [3.05, 3.63) is 53.1 Å². The minimum atomic E-state index is -2.86. The average molecular weight is 334 g/mol. The number of carbonyl (C=O) groups is 1. The van der Waals surface area contributed by atoms with Crippen molar-refractivity contribution in [2.45, 2.75) is 19.0 Å². The Hall–Kier alpha value is -2.63. The number of alkyl halides is 2. The van der Waals surface area contributed by atoms with Crippen LogP contribution >= 0.6 is 0 Å². The fourth-order valence-electron chi connectivity index (χ4n) is 3.04. The number of hydrogen-bond acceptors (Lipinski definition) is 4. The van der Waals surface area contributed by atoms with Crippen LogP contribution in [0.15, 0.2) is 36.4 Å². The second-order valence-corrected chi connectivity index (χ2v) is 5.42. The lowest BCUT2D eigenvalue weighted by atomic mass is 9.92. The van der Waals surface area contributed by atoms with Gasteiger partial charge in [-0.15, -0.1) is 0 Å². The molecule has 1 aliphatic carbocycles. The van der Waals surface area contributed by atoms with Gasteiger partial charge >= 0.3 is 6.61 Å². The third kappa shape index (κ3) is 2.91. The van der Waals surface area contributed by atoms with Crippen molar-refractivity contribution in [2.75, 3.05) is 14.2 Å². The molecule has 0 saturated carbocycles. The summed E-state index contributed by atoms with van der Waals surface area (Å²) in [5, 5.41) is 0. The maximum atomic E-state index is 12.4. The van der Waals surface area contributed by atoms with Crippen LogP contribution in [0.1, 0.15) is 33.8 Å². The molecule has 0 bridgehead atoms. The van der Waals surface area contributed by atoms with Crippen molar-refractivity contribution in [1.82, 2.24) is 0 Å². The molecule has 0 fully saturated rings. The fraction of sp³-hybridized carbons (Fsp3) is 0.278. The topological polar surface area (TPSA) is 44.8 Å². The van der Waals surface area contributed by atoms with E-state index in [0.717, 1.165) is 11.1 Å². The van der Waals surface area contributed by atoms with Crippen molar-refractivity contribution < 1.29 is 27.8 Å². The maximum Gasteiger partial charge on any atom is 0.387 e. The van der Waals surface area contributed by atoms with Crippen LogP contribution in [0.25, 0.3) is 0 Å². The van der Waals surface area contributed by atoms with Gasteiger partial charge in [0.15, 0.2) is 5.78 Å². The number of halogens is 2. The lowest BCUT2D eigenvalue weighted by Gasteiger charge is -2.16. The number of benzene rings is 2. The van der Waals surface area contributed by atoms with E-state index in [2.05, 4.69) is 4.74 Å². The van der Waals surface area contributed by atoms with Gasteiger partial charge in [-0.25, -0.2) is 0 Å². The molecule has 2 aromatic carbocycles. The van der Waals surface area contributed by atoms with Crippen LogP contribution in [-0.2, 0) is 0 Å². The minimum Gasteiger partial charge on any atom is -0.497 e. The van der Waals surface area contributed by atoms with Crippen molar-refractivity contribution >= 4 is 5.78 Å². The molecule has 3 rings (SSSR count). The Morgan fingerprint density at radius 1 is 1.04 bits per heavy atom. The first-order valence-electron chi connectivity index (χ1n) is 7.37. The highest BCUT2D eigenvalue weighted by atomic mass is 19.3. The number of carbonyl (C=O) groups excluding carboxylic acids is 1. The molecule has 1 aliphatic rings. The van der Waals surface area contributed by atoms with Crippen molar-refractivity contribution in [1.29, 1.82) is 0 Å². The normalized spacial score (nSPS) is 16.2. The zero-order valence-electron chi connectivity index (χ0n) is 13.2. The van der Waals surface area contributed by atoms with Gasteiger partial charge in [-0.1, -0.05) is 12.1 Å². The summed E-state index contributed by atoms with van der Waals surface area (Å²) in [5.74, 6) is 1.03. The number of hydrogen-bond donors (Lipinski definition) is 0. The second-order valence-electron chi connectivity index (χ2n) is 5.42. The van der Waals surface area contributed by atoms with Crippen LogP contribution in [0.2, 0.25) is 0 Å². The summed E-state index contributed by atoms with van der Waals surface area (Å²) in [5.41, 5.74) is 2.21. The standard InChI is InChI=1S/C18H16F2O4/c1-22-12-7-14-15(21)9-13(17(14)16(8-12)23-2)10-3-5-11(6-4-10)24-18(19)20/h3-8,13,18H,9H2,1-2H3/t13-/m0/s1. The molecule has 126 valence electrons. The van der Waals surface area contributed by atoms with Gasteiger partial charge in [-0.2, -0.15) is 8.78 Å². The maximum absolute atomic E-state index is 12.4. The lowest BCUT2D eigenvalue weighted by Crippen LogP contribution is -2.03. The highest BCUT2D eigenvalue weighted by Crippen LogP contribution is 2.45.